The van der Waals surface area contributed by atoms with Gasteiger partial charge in [-0.05, 0) is 41.1 Å². The second-order valence-electron chi connectivity index (χ2n) is 5.75. The first-order valence-electron chi connectivity index (χ1n) is 7.31. The molecule has 2 fully saturated rings. The molecule has 1 aliphatic heterocycles. The second kappa shape index (κ2) is 5.92. The zero-order valence-corrected chi connectivity index (χ0v) is 12.4. The van der Waals surface area contributed by atoms with Crippen LogP contribution in [0.15, 0.2) is 16.8 Å². The van der Waals surface area contributed by atoms with E-state index in [0.29, 0.717) is 12.0 Å². The van der Waals surface area contributed by atoms with Crippen LogP contribution in [0.4, 0.5) is 0 Å². The lowest BCUT2D eigenvalue weighted by molar-refractivity contribution is -0.179. The van der Waals surface area contributed by atoms with Gasteiger partial charge in [-0.25, -0.2) is 0 Å². The fourth-order valence-electron chi connectivity index (χ4n) is 3.06. The minimum absolute atomic E-state index is 0.225. The first-order chi connectivity index (χ1) is 9.27. The fraction of sp³-hybridized carbons (Fsp3) is 0.733. The number of hydrogen-bond acceptors (Lipinski definition) is 4. The molecule has 1 aromatic rings. The summed E-state index contributed by atoms with van der Waals surface area (Å²) in [4.78, 5) is 0. The van der Waals surface area contributed by atoms with E-state index < -0.39 is 0 Å². The van der Waals surface area contributed by atoms with Crippen LogP contribution in [0.2, 0.25) is 0 Å². The topological polar surface area (TPSA) is 30.5 Å². The van der Waals surface area contributed by atoms with Gasteiger partial charge in [-0.2, -0.15) is 11.3 Å². The molecule has 3 nitrogen and oxygen atoms in total. The molecule has 4 heteroatoms. The Bertz CT molecular complexity index is 377. The maximum atomic E-state index is 5.77. The Morgan fingerprint density at radius 3 is 2.74 bits per heavy atom. The minimum Gasteiger partial charge on any atom is -0.348 e. The van der Waals surface area contributed by atoms with Crippen LogP contribution in [0, 0.1) is 0 Å². The predicted octanol–water partition coefficient (Wildman–Crippen LogP) is 3.13. The molecule has 0 radical (unpaired) electrons. The van der Waals surface area contributed by atoms with Crippen LogP contribution in [0.25, 0.3) is 0 Å². The van der Waals surface area contributed by atoms with Gasteiger partial charge in [0.05, 0.1) is 13.2 Å². The Hall–Kier alpha value is -0.420. The summed E-state index contributed by atoms with van der Waals surface area (Å²) in [5.74, 6) is 0.373. The van der Waals surface area contributed by atoms with Crippen LogP contribution in [0.3, 0.4) is 0 Å². The maximum absolute atomic E-state index is 5.77. The standard InChI is InChI=1S/C15H23NO2S/c1-12(13-4-9-19-11-13)10-16-14-2-5-15(6-3-14)17-7-8-18-15/h4,9,11-12,14,16H,2-3,5-8,10H2,1H3/t12-/m0/s1. The fourth-order valence-corrected chi connectivity index (χ4v) is 3.85. The highest BCUT2D eigenvalue weighted by atomic mass is 32.1. The molecule has 2 aliphatic rings. The lowest BCUT2D eigenvalue weighted by Gasteiger charge is -2.36. The predicted molar refractivity (Wildman–Crippen MR) is 77.6 cm³/mol. The molecule has 106 valence electrons. The van der Waals surface area contributed by atoms with Gasteiger partial charge in [-0.1, -0.05) is 6.92 Å². The van der Waals surface area contributed by atoms with E-state index in [1.54, 1.807) is 11.3 Å². The maximum Gasteiger partial charge on any atom is 0.168 e. The van der Waals surface area contributed by atoms with Crippen LogP contribution in [-0.2, 0) is 9.47 Å². The zero-order valence-electron chi connectivity index (χ0n) is 11.6. The van der Waals surface area contributed by atoms with Crippen molar-refractivity contribution in [2.75, 3.05) is 19.8 Å². The van der Waals surface area contributed by atoms with E-state index in [2.05, 4.69) is 29.1 Å². The first-order valence-corrected chi connectivity index (χ1v) is 8.25. The molecule has 3 rings (SSSR count). The lowest BCUT2D eigenvalue weighted by Crippen LogP contribution is -2.42. The number of nitrogens with one attached hydrogen (secondary N) is 1. The van der Waals surface area contributed by atoms with Crippen molar-refractivity contribution in [1.82, 2.24) is 5.32 Å². The lowest BCUT2D eigenvalue weighted by atomic mass is 9.89. The van der Waals surface area contributed by atoms with E-state index in [-0.39, 0.29) is 5.79 Å². The Morgan fingerprint density at radius 2 is 2.11 bits per heavy atom. The van der Waals surface area contributed by atoms with Gasteiger partial charge in [0.2, 0.25) is 0 Å². The molecule has 0 bridgehead atoms. The highest BCUT2D eigenvalue weighted by Crippen LogP contribution is 2.35. The van der Waals surface area contributed by atoms with Crippen LogP contribution in [0.1, 0.15) is 44.1 Å². The molecule has 0 aromatic carbocycles. The van der Waals surface area contributed by atoms with Crippen LogP contribution >= 0.6 is 11.3 Å². The molecule has 1 atom stereocenters. The summed E-state index contributed by atoms with van der Waals surface area (Å²) in [6, 6.07) is 2.85. The quantitative estimate of drug-likeness (QED) is 0.920. The highest BCUT2D eigenvalue weighted by Gasteiger charge is 2.40. The van der Waals surface area contributed by atoms with Crippen LogP contribution < -0.4 is 5.32 Å². The van der Waals surface area contributed by atoms with Gasteiger partial charge in [-0.15, -0.1) is 0 Å². The van der Waals surface area contributed by atoms with E-state index in [1.807, 2.05) is 0 Å². The smallest absolute Gasteiger partial charge is 0.168 e. The molecule has 0 amide bonds. The summed E-state index contributed by atoms with van der Waals surface area (Å²) in [7, 11) is 0. The molecular weight excluding hydrogens is 258 g/mol. The molecule has 1 spiro atoms. The van der Waals surface area contributed by atoms with Crippen molar-refractivity contribution < 1.29 is 9.47 Å². The molecule has 19 heavy (non-hydrogen) atoms. The third-order valence-corrected chi connectivity index (χ3v) is 5.09. The van der Waals surface area contributed by atoms with Crippen molar-refractivity contribution in [1.29, 1.82) is 0 Å². The summed E-state index contributed by atoms with van der Waals surface area (Å²) in [5.41, 5.74) is 1.45. The van der Waals surface area contributed by atoms with Gasteiger partial charge in [0, 0.05) is 25.4 Å². The van der Waals surface area contributed by atoms with Crippen LogP contribution in [-0.4, -0.2) is 31.6 Å². The average molecular weight is 281 g/mol. The van der Waals surface area contributed by atoms with Crippen molar-refractivity contribution >= 4 is 11.3 Å². The number of thiophene rings is 1. The average Bonchev–Trinajstić information content (AvgIpc) is 3.09. The third kappa shape index (κ3) is 3.19. The van der Waals surface area contributed by atoms with E-state index >= 15 is 0 Å². The molecule has 1 saturated heterocycles. The normalized spacial score (nSPS) is 24.9. The number of hydrogen-bond donors (Lipinski definition) is 1. The van der Waals surface area contributed by atoms with Gasteiger partial charge >= 0.3 is 0 Å². The number of rotatable bonds is 4. The van der Waals surface area contributed by atoms with Crippen molar-refractivity contribution in [2.45, 2.75) is 50.4 Å². The van der Waals surface area contributed by atoms with E-state index in [1.165, 1.54) is 5.56 Å². The molecule has 2 heterocycles. The Balaban J connectivity index is 1.42. The SMILES string of the molecule is C[C@@H](CNC1CCC2(CC1)OCCO2)c1ccsc1. The van der Waals surface area contributed by atoms with Gasteiger partial charge in [0.1, 0.15) is 0 Å². The molecule has 1 N–H and O–H groups in total. The highest BCUT2D eigenvalue weighted by molar-refractivity contribution is 7.07. The molecule has 0 unspecified atom stereocenters. The van der Waals surface area contributed by atoms with E-state index in [0.717, 1.165) is 45.4 Å². The summed E-state index contributed by atoms with van der Waals surface area (Å²) < 4.78 is 11.5. The largest absolute Gasteiger partial charge is 0.348 e. The Morgan fingerprint density at radius 1 is 1.37 bits per heavy atom. The van der Waals surface area contributed by atoms with E-state index in [9.17, 15) is 0 Å². The summed E-state index contributed by atoms with van der Waals surface area (Å²) >= 11 is 1.78. The van der Waals surface area contributed by atoms with Crippen molar-refractivity contribution in [3.05, 3.63) is 22.4 Å². The Labute approximate surface area is 119 Å². The minimum atomic E-state index is -0.225. The zero-order chi connectivity index (χ0) is 13.1. The second-order valence-corrected chi connectivity index (χ2v) is 6.53. The van der Waals surface area contributed by atoms with Crippen LogP contribution in [0.5, 0.6) is 0 Å². The summed E-state index contributed by atoms with van der Waals surface area (Å²) in [6.07, 6.45) is 4.40. The van der Waals surface area contributed by atoms with Gasteiger partial charge < -0.3 is 14.8 Å². The Kier molecular flexibility index (Phi) is 4.22. The molecule has 1 saturated carbocycles. The van der Waals surface area contributed by atoms with Crippen molar-refractivity contribution in [2.24, 2.45) is 0 Å². The summed E-state index contributed by atoms with van der Waals surface area (Å²) in [5, 5.41) is 8.12. The van der Waals surface area contributed by atoms with Gasteiger partial charge in [0.15, 0.2) is 5.79 Å². The monoisotopic (exact) mass is 281 g/mol. The summed E-state index contributed by atoms with van der Waals surface area (Å²) in [6.45, 7) is 4.90. The van der Waals surface area contributed by atoms with Crippen molar-refractivity contribution in [3.8, 4) is 0 Å². The van der Waals surface area contributed by atoms with Gasteiger partial charge in [-0.3, -0.25) is 0 Å². The van der Waals surface area contributed by atoms with E-state index in [4.69, 9.17) is 9.47 Å². The first kappa shape index (κ1) is 13.6. The molecule has 1 aliphatic carbocycles. The molecule has 1 aromatic heterocycles. The molecular formula is C15H23NO2S. The van der Waals surface area contributed by atoms with Gasteiger partial charge in [0.25, 0.3) is 0 Å². The third-order valence-electron chi connectivity index (χ3n) is 4.39. The van der Waals surface area contributed by atoms with Crippen molar-refractivity contribution in [3.63, 3.8) is 0 Å². The number of ether oxygens (including phenoxy) is 2.